The molecule has 1 aromatic carbocycles. The zero-order valence-electron chi connectivity index (χ0n) is 10.0. The second-order valence-corrected chi connectivity index (χ2v) is 4.51. The molecule has 2 atom stereocenters. The van der Waals surface area contributed by atoms with Crippen LogP contribution in [0.15, 0.2) is 24.3 Å². The normalized spacial score (nSPS) is 13.7. The first-order chi connectivity index (χ1) is 8.40. The Hall–Kier alpha value is -1.59. The van der Waals surface area contributed by atoms with Gasteiger partial charge in [0.05, 0.1) is 18.5 Å². The molecule has 0 aliphatic carbocycles. The number of amides is 2. The zero-order valence-corrected chi connectivity index (χ0v) is 10.8. The second-order valence-electron chi connectivity index (χ2n) is 4.08. The second kappa shape index (κ2) is 6.37. The number of benzene rings is 1. The molecule has 0 radical (unpaired) electrons. The maximum Gasteiger partial charge on any atom is 0.237 e. The lowest BCUT2D eigenvalue weighted by molar-refractivity contribution is -0.123. The van der Waals surface area contributed by atoms with E-state index in [-0.39, 0.29) is 12.3 Å². The number of primary amides is 1. The van der Waals surface area contributed by atoms with Crippen molar-refractivity contribution in [2.24, 2.45) is 11.5 Å². The number of halogens is 1. The molecule has 1 rings (SSSR count). The Morgan fingerprint density at radius 2 is 2.11 bits per heavy atom. The molecule has 0 aliphatic heterocycles. The summed E-state index contributed by atoms with van der Waals surface area (Å²) in [5.41, 5.74) is 11.4. The summed E-state index contributed by atoms with van der Waals surface area (Å²) in [5, 5.41) is 3.19. The maximum absolute atomic E-state index is 11.6. The lowest BCUT2D eigenvalue weighted by atomic mass is 10.0. The van der Waals surface area contributed by atoms with Crippen molar-refractivity contribution in [1.82, 2.24) is 5.32 Å². The Balaban J connectivity index is 2.91. The first kappa shape index (κ1) is 14.5. The summed E-state index contributed by atoms with van der Waals surface area (Å²) in [7, 11) is 0. The number of carbonyl (C=O) groups excluding carboxylic acids is 2. The first-order valence-corrected chi connectivity index (χ1v) is 5.87. The van der Waals surface area contributed by atoms with Crippen LogP contribution in [0.25, 0.3) is 0 Å². The van der Waals surface area contributed by atoms with E-state index in [1.165, 1.54) is 0 Å². The molecule has 5 nitrogen and oxygen atoms in total. The molecular formula is C12H16ClN3O2. The van der Waals surface area contributed by atoms with Crippen LogP contribution in [0.2, 0.25) is 5.02 Å². The van der Waals surface area contributed by atoms with Gasteiger partial charge in [-0.05, 0) is 24.6 Å². The van der Waals surface area contributed by atoms with Gasteiger partial charge in [0.15, 0.2) is 0 Å². The average molecular weight is 270 g/mol. The van der Waals surface area contributed by atoms with E-state index >= 15 is 0 Å². The van der Waals surface area contributed by atoms with Crippen LogP contribution in [0, 0.1) is 0 Å². The molecule has 0 unspecified atom stereocenters. The zero-order chi connectivity index (χ0) is 13.7. The maximum atomic E-state index is 11.6. The SMILES string of the molecule is C[C@H](N)C(=O)N[C@H](CC(N)=O)c1cccc(Cl)c1. The number of nitrogens with two attached hydrogens (primary N) is 2. The number of rotatable bonds is 5. The standard InChI is InChI=1S/C12H16ClN3O2/c1-7(14)12(18)16-10(6-11(15)17)8-3-2-4-9(13)5-8/h2-5,7,10H,6,14H2,1H3,(H2,15,17)(H,16,18)/t7-,10+/m0/s1. The Bertz CT molecular complexity index is 449. The molecule has 5 N–H and O–H groups in total. The first-order valence-electron chi connectivity index (χ1n) is 5.50. The van der Waals surface area contributed by atoms with Gasteiger partial charge in [0.25, 0.3) is 0 Å². The average Bonchev–Trinajstić information content (AvgIpc) is 2.27. The van der Waals surface area contributed by atoms with Crippen molar-refractivity contribution in [3.8, 4) is 0 Å². The number of carbonyl (C=O) groups is 2. The van der Waals surface area contributed by atoms with Crippen molar-refractivity contribution in [3.63, 3.8) is 0 Å². The third kappa shape index (κ3) is 4.35. The lowest BCUT2D eigenvalue weighted by Gasteiger charge is -2.19. The number of hydrogen-bond acceptors (Lipinski definition) is 3. The van der Waals surface area contributed by atoms with Gasteiger partial charge in [-0.15, -0.1) is 0 Å². The Morgan fingerprint density at radius 1 is 1.44 bits per heavy atom. The van der Waals surface area contributed by atoms with Gasteiger partial charge in [-0.25, -0.2) is 0 Å². The number of nitrogens with one attached hydrogen (secondary N) is 1. The minimum Gasteiger partial charge on any atom is -0.370 e. The Kier molecular flexibility index (Phi) is 5.12. The monoisotopic (exact) mass is 269 g/mol. The predicted octanol–water partition coefficient (Wildman–Crippen LogP) is 0.720. The molecule has 0 bridgehead atoms. The highest BCUT2D eigenvalue weighted by Crippen LogP contribution is 2.20. The number of hydrogen-bond donors (Lipinski definition) is 3. The quantitative estimate of drug-likeness (QED) is 0.734. The Morgan fingerprint density at radius 3 is 2.61 bits per heavy atom. The lowest BCUT2D eigenvalue weighted by Crippen LogP contribution is -2.41. The van der Waals surface area contributed by atoms with Gasteiger partial charge < -0.3 is 16.8 Å². The van der Waals surface area contributed by atoms with E-state index in [2.05, 4.69) is 5.32 Å². The molecule has 2 amide bonds. The summed E-state index contributed by atoms with van der Waals surface area (Å²) >= 11 is 5.87. The van der Waals surface area contributed by atoms with Crippen molar-refractivity contribution in [2.75, 3.05) is 0 Å². The third-order valence-corrected chi connectivity index (χ3v) is 2.62. The molecular weight excluding hydrogens is 254 g/mol. The van der Waals surface area contributed by atoms with Gasteiger partial charge >= 0.3 is 0 Å². The van der Waals surface area contributed by atoms with E-state index < -0.39 is 18.0 Å². The minimum atomic E-state index is -0.653. The molecule has 0 aromatic heterocycles. The van der Waals surface area contributed by atoms with Crippen LogP contribution in [0.5, 0.6) is 0 Å². The molecule has 0 saturated carbocycles. The van der Waals surface area contributed by atoms with Crippen molar-refractivity contribution in [1.29, 1.82) is 0 Å². The molecule has 0 spiro atoms. The minimum absolute atomic E-state index is 0.00119. The fourth-order valence-corrected chi connectivity index (χ4v) is 1.68. The van der Waals surface area contributed by atoms with Crippen molar-refractivity contribution in [3.05, 3.63) is 34.9 Å². The summed E-state index contributed by atoms with van der Waals surface area (Å²) in [4.78, 5) is 22.6. The van der Waals surface area contributed by atoms with E-state index in [0.29, 0.717) is 5.02 Å². The molecule has 0 saturated heterocycles. The molecule has 0 fully saturated rings. The fraction of sp³-hybridized carbons (Fsp3) is 0.333. The van der Waals surface area contributed by atoms with E-state index in [4.69, 9.17) is 23.1 Å². The molecule has 0 heterocycles. The predicted molar refractivity (Wildman–Crippen MR) is 69.8 cm³/mol. The summed E-state index contributed by atoms with van der Waals surface area (Å²) in [5.74, 6) is -0.855. The van der Waals surface area contributed by atoms with Crippen molar-refractivity contribution in [2.45, 2.75) is 25.4 Å². The molecule has 1 aromatic rings. The largest absolute Gasteiger partial charge is 0.370 e. The topological polar surface area (TPSA) is 98.2 Å². The summed E-state index contributed by atoms with van der Waals surface area (Å²) < 4.78 is 0. The van der Waals surface area contributed by atoms with Crippen LogP contribution in [-0.2, 0) is 9.59 Å². The summed E-state index contributed by atoms with van der Waals surface area (Å²) in [6.45, 7) is 1.56. The highest BCUT2D eigenvalue weighted by atomic mass is 35.5. The van der Waals surface area contributed by atoms with Gasteiger partial charge in [-0.3, -0.25) is 9.59 Å². The van der Waals surface area contributed by atoms with Gasteiger partial charge in [0.1, 0.15) is 0 Å². The highest BCUT2D eigenvalue weighted by Gasteiger charge is 2.19. The summed E-state index contributed by atoms with van der Waals surface area (Å²) in [6, 6.07) is 5.72. The third-order valence-electron chi connectivity index (χ3n) is 2.39. The highest BCUT2D eigenvalue weighted by molar-refractivity contribution is 6.30. The van der Waals surface area contributed by atoms with E-state index in [0.717, 1.165) is 5.56 Å². The van der Waals surface area contributed by atoms with Crippen LogP contribution in [-0.4, -0.2) is 17.9 Å². The molecule has 18 heavy (non-hydrogen) atoms. The van der Waals surface area contributed by atoms with Crippen molar-refractivity contribution < 1.29 is 9.59 Å². The van der Waals surface area contributed by atoms with Crippen LogP contribution in [0.3, 0.4) is 0 Å². The van der Waals surface area contributed by atoms with E-state index in [1.807, 2.05) is 0 Å². The fourth-order valence-electron chi connectivity index (χ4n) is 1.48. The van der Waals surface area contributed by atoms with Gasteiger partial charge in [0, 0.05) is 5.02 Å². The van der Waals surface area contributed by atoms with Gasteiger partial charge in [0.2, 0.25) is 11.8 Å². The smallest absolute Gasteiger partial charge is 0.237 e. The Labute approximate surface area is 110 Å². The van der Waals surface area contributed by atoms with Crippen LogP contribution in [0.1, 0.15) is 24.9 Å². The molecule has 98 valence electrons. The van der Waals surface area contributed by atoms with E-state index in [1.54, 1.807) is 31.2 Å². The van der Waals surface area contributed by atoms with Crippen LogP contribution >= 0.6 is 11.6 Å². The van der Waals surface area contributed by atoms with Crippen LogP contribution < -0.4 is 16.8 Å². The van der Waals surface area contributed by atoms with Crippen LogP contribution in [0.4, 0.5) is 0 Å². The molecule has 6 heteroatoms. The molecule has 0 aliphatic rings. The van der Waals surface area contributed by atoms with Gasteiger partial charge in [-0.2, -0.15) is 0 Å². The van der Waals surface area contributed by atoms with Crippen molar-refractivity contribution >= 4 is 23.4 Å². The van der Waals surface area contributed by atoms with E-state index in [9.17, 15) is 9.59 Å². The summed E-state index contributed by atoms with van der Waals surface area (Å²) in [6.07, 6.45) is -0.00119. The van der Waals surface area contributed by atoms with Gasteiger partial charge in [-0.1, -0.05) is 23.7 Å².